The van der Waals surface area contributed by atoms with Crippen molar-refractivity contribution >= 4 is 41.3 Å². The molecule has 23 heavy (non-hydrogen) atoms. The number of rotatable bonds is 6. The predicted molar refractivity (Wildman–Crippen MR) is 109 cm³/mol. The Morgan fingerprint density at radius 2 is 2.09 bits per heavy atom. The maximum Gasteiger partial charge on any atom is 0.191 e. The molecule has 0 aliphatic rings. The molecule has 2 rings (SSSR count). The van der Waals surface area contributed by atoms with Gasteiger partial charge in [-0.05, 0) is 42.0 Å². The highest BCUT2D eigenvalue weighted by Crippen LogP contribution is 2.18. The van der Waals surface area contributed by atoms with Gasteiger partial charge in [0.1, 0.15) is 5.75 Å². The zero-order valence-electron chi connectivity index (χ0n) is 13.8. The molecule has 0 fully saturated rings. The summed E-state index contributed by atoms with van der Waals surface area (Å²) in [5.74, 6) is 1.73. The lowest BCUT2D eigenvalue weighted by atomic mass is 10.1. The summed E-state index contributed by atoms with van der Waals surface area (Å²) in [5.41, 5.74) is 2.31. The Labute approximate surface area is 159 Å². The van der Waals surface area contributed by atoms with E-state index in [1.165, 1.54) is 10.4 Å². The molecule has 0 bridgehead atoms. The average Bonchev–Trinajstić information content (AvgIpc) is 3.05. The lowest BCUT2D eigenvalue weighted by Crippen LogP contribution is -2.37. The van der Waals surface area contributed by atoms with Crippen molar-refractivity contribution < 1.29 is 4.74 Å². The van der Waals surface area contributed by atoms with Gasteiger partial charge < -0.3 is 15.4 Å². The van der Waals surface area contributed by atoms with Crippen LogP contribution < -0.4 is 15.4 Å². The maximum absolute atomic E-state index is 5.35. The van der Waals surface area contributed by atoms with Crippen LogP contribution in [0.3, 0.4) is 0 Å². The predicted octanol–water partition coefficient (Wildman–Crippen LogP) is 3.59. The summed E-state index contributed by atoms with van der Waals surface area (Å²) in [6, 6.07) is 10.5. The van der Waals surface area contributed by atoms with E-state index in [0.29, 0.717) is 0 Å². The van der Waals surface area contributed by atoms with Crippen LogP contribution in [0.15, 0.2) is 40.7 Å². The number of nitrogens with zero attached hydrogens (tertiary/aromatic N) is 1. The molecule has 0 saturated heterocycles. The number of thiophene rings is 1. The van der Waals surface area contributed by atoms with Crippen molar-refractivity contribution in [3.05, 3.63) is 51.7 Å². The molecular weight excluding hydrogens is 421 g/mol. The molecule has 2 aromatic rings. The average molecular weight is 445 g/mol. The summed E-state index contributed by atoms with van der Waals surface area (Å²) >= 11 is 1.78. The number of hydrogen-bond donors (Lipinski definition) is 2. The van der Waals surface area contributed by atoms with Crippen molar-refractivity contribution in [1.29, 1.82) is 0 Å². The molecule has 0 atom stereocenters. The molecule has 1 aromatic carbocycles. The molecule has 4 nitrogen and oxygen atoms in total. The molecule has 1 aromatic heterocycles. The van der Waals surface area contributed by atoms with E-state index in [2.05, 4.69) is 51.3 Å². The van der Waals surface area contributed by atoms with E-state index < -0.39 is 0 Å². The third-order valence-corrected chi connectivity index (χ3v) is 4.34. The van der Waals surface area contributed by atoms with Gasteiger partial charge in [-0.25, -0.2) is 0 Å². The minimum Gasteiger partial charge on any atom is -0.496 e. The Hall–Kier alpha value is -1.28. The van der Waals surface area contributed by atoms with Crippen LogP contribution in [0, 0.1) is 6.92 Å². The van der Waals surface area contributed by atoms with Crippen LogP contribution in [-0.4, -0.2) is 26.7 Å². The lowest BCUT2D eigenvalue weighted by Gasteiger charge is -2.13. The summed E-state index contributed by atoms with van der Waals surface area (Å²) in [5, 5.41) is 8.76. The molecule has 2 N–H and O–H groups in total. The Morgan fingerprint density at radius 1 is 1.26 bits per heavy atom. The Bertz CT molecular complexity index is 614. The van der Waals surface area contributed by atoms with Gasteiger partial charge in [0.05, 0.1) is 7.11 Å². The standard InChI is InChI=1S/C17H23N3OS.HI/c1-13-6-7-14(11-16(13)21-3)12-20-17(18-2)19-9-8-15-5-4-10-22-15;/h4-7,10-11H,8-9,12H2,1-3H3,(H2,18,19,20);1H. The van der Waals surface area contributed by atoms with Gasteiger partial charge in [-0.15, -0.1) is 35.3 Å². The highest BCUT2D eigenvalue weighted by Gasteiger charge is 2.02. The van der Waals surface area contributed by atoms with Crippen molar-refractivity contribution in [2.45, 2.75) is 19.9 Å². The Morgan fingerprint density at radius 3 is 2.74 bits per heavy atom. The van der Waals surface area contributed by atoms with Crippen LogP contribution in [0.4, 0.5) is 0 Å². The fourth-order valence-corrected chi connectivity index (χ4v) is 2.85. The van der Waals surface area contributed by atoms with Crippen LogP contribution in [0.25, 0.3) is 0 Å². The van der Waals surface area contributed by atoms with Crippen LogP contribution in [-0.2, 0) is 13.0 Å². The van der Waals surface area contributed by atoms with Gasteiger partial charge in [0.15, 0.2) is 5.96 Å². The molecule has 0 spiro atoms. The number of guanidine groups is 1. The van der Waals surface area contributed by atoms with Crippen molar-refractivity contribution in [3.63, 3.8) is 0 Å². The molecule has 0 aliphatic carbocycles. The number of halogens is 1. The highest BCUT2D eigenvalue weighted by molar-refractivity contribution is 14.0. The second-order valence-corrected chi connectivity index (χ2v) is 6.02. The van der Waals surface area contributed by atoms with E-state index in [9.17, 15) is 0 Å². The molecule has 0 unspecified atom stereocenters. The molecule has 0 saturated carbocycles. The van der Waals surface area contributed by atoms with Crippen LogP contribution >= 0.6 is 35.3 Å². The van der Waals surface area contributed by atoms with Gasteiger partial charge in [-0.2, -0.15) is 0 Å². The lowest BCUT2D eigenvalue weighted by molar-refractivity contribution is 0.411. The first-order valence-corrected chi connectivity index (χ1v) is 8.21. The number of aliphatic imine (C=N–C) groups is 1. The Balaban J connectivity index is 0.00000264. The molecule has 0 aliphatic heterocycles. The zero-order valence-corrected chi connectivity index (χ0v) is 16.9. The maximum atomic E-state index is 5.35. The van der Waals surface area contributed by atoms with Gasteiger partial charge in [0.25, 0.3) is 0 Å². The van der Waals surface area contributed by atoms with Gasteiger partial charge in [0, 0.05) is 25.0 Å². The van der Waals surface area contributed by atoms with Gasteiger partial charge in [0.2, 0.25) is 0 Å². The van der Waals surface area contributed by atoms with E-state index in [-0.39, 0.29) is 24.0 Å². The topological polar surface area (TPSA) is 45.7 Å². The van der Waals surface area contributed by atoms with Gasteiger partial charge in [-0.3, -0.25) is 4.99 Å². The number of aryl methyl sites for hydroxylation is 1. The van der Waals surface area contributed by atoms with Crippen molar-refractivity contribution in [2.24, 2.45) is 4.99 Å². The normalized spacial score (nSPS) is 10.8. The minimum atomic E-state index is 0. The SMILES string of the molecule is CN=C(NCCc1cccs1)NCc1ccc(C)c(OC)c1.I. The van der Waals surface area contributed by atoms with Gasteiger partial charge >= 0.3 is 0 Å². The number of methoxy groups -OCH3 is 1. The number of nitrogens with one attached hydrogen (secondary N) is 2. The highest BCUT2D eigenvalue weighted by atomic mass is 127. The monoisotopic (exact) mass is 445 g/mol. The van der Waals surface area contributed by atoms with E-state index >= 15 is 0 Å². The second-order valence-electron chi connectivity index (χ2n) is 4.99. The van der Waals surface area contributed by atoms with E-state index in [4.69, 9.17) is 4.74 Å². The van der Waals surface area contributed by atoms with Crippen LogP contribution in [0.2, 0.25) is 0 Å². The zero-order chi connectivity index (χ0) is 15.8. The summed E-state index contributed by atoms with van der Waals surface area (Å²) in [6.45, 7) is 3.63. The minimum absolute atomic E-state index is 0. The fourth-order valence-electron chi connectivity index (χ4n) is 2.14. The summed E-state index contributed by atoms with van der Waals surface area (Å²) in [7, 11) is 3.49. The third-order valence-electron chi connectivity index (χ3n) is 3.40. The largest absolute Gasteiger partial charge is 0.496 e. The quantitative estimate of drug-likeness (QED) is 0.406. The summed E-state index contributed by atoms with van der Waals surface area (Å²) in [6.07, 6.45) is 1.01. The number of ether oxygens (including phenoxy) is 1. The molecule has 0 amide bonds. The number of hydrogen-bond acceptors (Lipinski definition) is 3. The van der Waals surface area contributed by atoms with Crippen LogP contribution in [0.5, 0.6) is 5.75 Å². The molecular formula is C17H24IN3OS. The molecule has 126 valence electrons. The van der Waals surface area contributed by atoms with Crippen molar-refractivity contribution in [1.82, 2.24) is 10.6 Å². The summed E-state index contributed by atoms with van der Waals surface area (Å²) in [4.78, 5) is 5.63. The summed E-state index contributed by atoms with van der Waals surface area (Å²) < 4.78 is 5.35. The molecule has 6 heteroatoms. The molecule has 1 heterocycles. The number of benzene rings is 1. The third kappa shape index (κ3) is 6.39. The van der Waals surface area contributed by atoms with E-state index in [1.54, 1.807) is 25.5 Å². The molecule has 0 radical (unpaired) electrons. The van der Waals surface area contributed by atoms with Crippen molar-refractivity contribution in [2.75, 3.05) is 20.7 Å². The van der Waals surface area contributed by atoms with Crippen LogP contribution in [0.1, 0.15) is 16.0 Å². The first kappa shape index (κ1) is 19.8. The van der Waals surface area contributed by atoms with Gasteiger partial charge in [-0.1, -0.05) is 18.2 Å². The second kappa shape index (κ2) is 10.5. The Kier molecular flexibility index (Phi) is 9.01. The van der Waals surface area contributed by atoms with Crippen molar-refractivity contribution in [3.8, 4) is 5.75 Å². The smallest absolute Gasteiger partial charge is 0.191 e. The van der Waals surface area contributed by atoms with E-state index in [1.807, 2.05) is 6.92 Å². The fraction of sp³-hybridized carbons (Fsp3) is 0.353. The first-order chi connectivity index (χ1) is 10.7. The van der Waals surface area contributed by atoms with E-state index in [0.717, 1.165) is 36.8 Å². The first-order valence-electron chi connectivity index (χ1n) is 7.33.